The van der Waals surface area contributed by atoms with E-state index in [1.807, 2.05) is 0 Å². The van der Waals surface area contributed by atoms with E-state index in [2.05, 4.69) is 5.32 Å². The molecule has 2 rings (SSSR count). The van der Waals surface area contributed by atoms with Crippen LogP contribution in [0.2, 0.25) is 10.0 Å². The lowest BCUT2D eigenvalue weighted by Gasteiger charge is -2.21. The second kappa shape index (κ2) is 8.90. The van der Waals surface area contributed by atoms with Crippen LogP contribution in [-0.4, -0.2) is 49.3 Å². The molecule has 10 heteroatoms. The Bertz CT molecular complexity index is 914. The maximum atomic E-state index is 12.8. The Kier molecular flexibility index (Phi) is 6.82. The first-order valence-corrected chi connectivity index (χ1v) is 8.82. The van der Waals surface area contributed by atoms with E-state index in [9.17, 15) is 19.7 Å². The van der Waals surface area contributed by atoms with Crippen molar-refractivity contribution in [2.24, 2.45) is 0 Å². The Morgan fingerprint density at radius 1 is 1.11 bits per heavy atom. The lowest BCUT2D eigenvalue weighted by Crippen LogP contribution is -2.35. The number of nitro benzene ring substituents is 1. The molecule has 0 radical (unpaired) electrons. The van der Waals surface area contributed by atoms with Gasteiger partial charge in [0, 0.05) is 39.0 Å². The lowest BCUT2D eigenvalue weighted by atomic mass is 10.1. The molecule has 0 fully saturated rings. The van der Waals surface area contributed by atoms with Crippen molar-refractivity contribution < 1.29 is 14.5 Å². The van der Waals surface area contributed by atoms with Gasteiger partial charge in [-0.05, 0) is 18.2 Å². The van der Waals surface area contributed by atoms with Crippen LogP contribution < -0.4 is 10.2 Å². The minimum Gasteiger partial charge on any atom is -0.377 e. The minimum absolute atomic E-state index is 0.116. The molecule has 0 aliphatic rings. The van der Waals surface area contributed by atoms with E-state index >= 15 is 0 Å². The third-order valence-corrected chi connectivity index (χ3v) is 4.49. The molecule has 0 saturated heterocycles. The van der Waals surface area contributed by atoms with Crippen molar-refractivity contribution in [2.75, 3.05) is 37.9 Å². The number of rotatable bonds is 6. The molecular weight excluding hydrogens is 407 g/mol. The van der Waals surface area contributed by atoms with E-state index in [0.717, 1.165) is 4.90 Å². The van der Waals surface area contributed by atoms with Gasteiger partial charge in [-0.15, -0.1) is 0 Å². The zero-order valence-electron chi connectivity index (χ0n) is 15.4. The topological polar surface area (TPSA) is 95.8 Å². The number of para-hydroxylation sites is 1. The van der Waals surface area contributed by atoms with Crippen LogP contribution in [0.15, 0.2) is 36.4 Å². The molecule has 0 heterocycles. The van der Waals surface area contributed by atoms with Gasteiger partial charge in [-0.25, -0.2) is 0 Å². The predicted molar refractivity (Wildman–Crippen MR) is 109 cm³/mol. The van der Waals surface area contributed by atoms with Crippen LogP contribution in [0.1, 0.15) is 10.4 Å². The highest BCUT2D eigenvalue weighted by molar-refractivity contribution is 6.39. The van der Waals surface area contributed by atoms with Gasteiger partial charge in [0.15, 0.2) is 0 Å². The summed E-state index contributed by atoms with van der Waals surface area (Å²) < 4.78 is 0. The molecule has 8 nitrogen and oxygen atoms in total. The highest BCUT2D eigenvalue weighted by Crippen LogP contribution is 2.30. The van der Waals surface area contributed by atoms with Gasteiger partial charge in [-0.3, -0.25) is 19.7 Å². The molecule has 0 atom stereocenters. The molecular formula is C18H18Cl2N4O4. The van der Waals surface area contributed by atoms with Crippen molar-refractivity contribution in [2.45, 2.75) is 0 Å². The number of amides is 2. The van der Waals surface area contributed by atoms with Gasteiger partial charge < -0.3 is 15.1 Å². The van der Waals surface area contributed by atoms with Gasteiger partial charge >= 0.3 is 0 Å². The lowest BCUT2D eigenvalue weighted by molar-refractivity contribution is -0.384. The average molecular weight is 425 g/mol. The zero-order valence-corrected chi connectivity index (χ0v) is 16.9. The molecule has 0 aliphatic carbocycles. The smallest absolute Gasteiger partial charge is 0.270 e. The minimum atomic E-state index is -0.581. The molecule has 2 aromatic carbocycles. The monoisotopic (exact) mass is 424 g/mol. The van der Waals surface area contributed by atoms with Crippen LogP contribution in [0.5, 0.6) is 0 Å². The second-order valence-electron chi connectivity index (χ2n) is 6.16. The van der Waals surface area contributed by atoms with Crippen LogP contribution in [0.25, 0.3) is 0 Å². The molecule has 0 spiro atoms. The normalized spacial score (nSPS) is 10.3. The molecule has 2 amide bonds. The Labute approximate surface area is 171 Å². The summed E-state index contributed by atoms with van der Waals surface area (Å²) in [5.41, 5.74) is 0.651. The summed E-state index contributed by atoms with van der Waals surface area (Å²) in [7, 11) is 4.85. The standard InChI is InChI=1S/C18H18Cl2N4O4/c1-22(2)15-8-7-11(24(27)28)9-12(15)18(26)23(3)10-16(25)21-17-13(19)5-4-6-14(17)20/h4-9H,10H2,1-3H3,(H,21,25). The number of likely N-dealkylation sites (N-methyl/N-ethyl adjacent to an activating group) is 1. The number of carbonyl (C=O) groups is 2. The number of hydrogen-bond acceptors (Lipinski definition) is 5. The summed E-state index contributed by atoms with van der Waals surface area (Å²) in [5, 5.41) is 14.2. The number of nitrogens with zero attached hydrogens (tertiary/aromatic N) is 3. The molecule has 2 aromatic rings. The van der Waals surface area contributed by atoms with Crippen molar-refractivity contribution in [3.8, 4) is 0 Å². The molecule has 148 valence electrons. The highest BCUT2D eigenvalue weighted by atomic mass is 35.5. The Balaban J connectivity index is 2.21. The van der Waals surface area contributed by atoms with Gasteiger partial charge in [0.2, 0.25) is 5.91 Å². The number of carbonyl (C=O) groups excluding carboxylic acids is 2. The molecule has 28 heavy (non-hydrogen) atoms. The van der Waals surface area contributed by atoms with Crippen molar-refractivity contribution in [3.05, 3.63) is 62.1 Å². The molecule has 0 aromatic heterocycles. The Morgan fingerprint density at radius 3 is 2.25 bits per heavy atom. The zero-order chi connectivity index (χ0) is 21.0. The number of halogens is 2. The van der Waals surface area contributed by atoms with Crippen LogP contribution in [0.4, 0.5) is 17.1 Å². The van der Waals surface area contributed by atoms with Crippen LogP contribution in [0, 0.1) is 10.1 Å². The number of anilines is 2. The number of nitro groups is 1. The van der Waals surface area contributed by atoms with Gasteiger partial charge in [0.25, 0.3) is 11.6 Å². The quantitative estimate of drug-likeness (QED) is 0.563. The summed E-state index contributed by atoms with van der Waals surface area (Å²) in [6.07, 6.45) is 0. The Morgan fingerprint density at radius 2 is 1.71 bits per heavy atom. The van der Waals surface area contributed by atoms with E-state index in [1.54, 1.807) is 37.2 Å². The third kappa shape index (κ3) is 4.90. The Hall–Kier alpha value is -2.84. The SMILES string of the molecule is CN(CC(=O)Nc1c(Cl)cccc1Cl)C(=O)c1cc([N+](=O)[O-])ccc1N(C)C. The summed E-state index contributed by atoms with van der Waals surface area (Å²) in [6.45, 7) is -0.296. The van der Waals surface area contributed by atoms with Gasteiger partial charge in [-0.1, -0.05) is 29.3 Å². The first kappa shape index (κ1) is 21.5. The first-order valence-electron chi connectivity index (χ1n) is 8.07. The molecule has 0 aliphatic heterocycles. The highest BCUT2D eigenvalue weighted by Gasteiger charge is 2.22. The van der Waals surface area contributed by atoms with Crippen LogP contribution >= 0.6 is 23.2 Å². The van der Waals surface area contributed by atoms with Gasteiger partial charge in [0.1, 0.15) is 0 Å². The molecule has 0 saturated carbocycles. The number of non-ortho nitro benzene ring substituents is 1. The van der Waals surface area contributed by atoms with E-state index in [1.165, 1.54) is 25.2 Å². The fourth-order valence-electron chi connectivity index (χ4n) is 2.49. The average Bonchev–Trinajstić information content (AvgIpc) is 2.63. The van der Waals surface area contributed by atoms with E-state index in [-0.39, 0.29) is 33.5 Å². The van der Waals surface area contributed by atoms with E-state index < -0.39 is 16.7 Å². The van der Waals surface area contributed by atoms with Crippen LogP contribution in [-0.2, 0) is 4.79 Å². The predicted octanol–water partition coefficient (Wildman–Crippen LogP) is 3.68. The summed E-state index contributed by atoms with van der Waals surface area (Å²) in [6, 6.07) is 8.79. The maximum Gasteiger partial charge on any atom is 0.270 e. The molecule has 1 N–H and O–H groups in total. The van der Waals surface area contributed by atoms with Gasteiger partial charge in [0.05, 0.1) is 32.8 Å². The van der Waals surface area contributed by atoms with Gasteiger partial charge in [-0.2, -0.15) is 0 Å². The number of hydrogen-bond donors (Lipinski definition) is 1. The summed E-state index contributed by atoms with van der Waals surface area (Å²) in [5.74, 6) is -1.05. The first-order chi connectivity index (χ1) is 13.1. The fraction of sp³-hybridized carbons (Fsp3) is 0.222. The van der Waals surface area contributed by atoms with Crippen molar-refractivity contribution >= 4 is 52.1 Å². The largest absolute Gasteiger partial charge is 0.377 e. The van der Waals surface area contributed by atoms with Crippen LogP contribution in [0.3, 0.4) is 0 Å². The maximum absolute atomic E-state index is 12.8. The van der Waals surface area contributed by atoms with Crippen molar-refractivity contribution in [1.29, 1.82) is 0 Å². The fourth-order valence-corrected chi connectivity index (χ4v) is 2.98. The number of nitrogens with one attached hydrogen (secondary N) is 1. The van der Waals surface area contributed by atoms with Crippen molar-refractivity contribution in [1.82, 2.24) is 4.90 Å². The summed E-state index contributed by atoms with van der Waals surface area (Å²) >= 11 is 12.0. The molecule has 0 unspecified atom stereocenters. The van der Waals surface area contributed by atoms with E-state index in [0.29, 0.717) is 5.69 Å². The summed E-state index contributed by atoms with van der Waals surface area (Å²) in [4.78, 5) is 38.4. The van der Waals surface area contributed by atoms with Crippen molar-refractivity contribution in [3.63, 3.8) is 0 Å². The molecule has 0 bridgehead atoms. The second-order valence-corrected chi connectivity index (χ2v) is 6.97. The van der Waals surface area contributed by atoms with E-state index in [4.69, 9.17) is 23.2 Å². The third-order valence-electron chi connectivity index (χ3n) is 3.86. The number of benzene rings is 2.